The van der Waals surface area contributed by atoms with Crippen LogP contribution in [-0.4, -0.2) is 50.1 Å². The summed E-state index contributed by atoms with van der Waals surface area (Å²) in [7, 11) is 1.60. The number of likely N-dealkylation sites (tertiary alicyclic amines) is 1. The summed E-state index contributed by atoms with van der Waals surface area (Å²) in [6.45, 7) is 2.92. The number of hydrogen-bond donors (Lipinski definition) is 2. The van der Waals surface area contributed by atoms with Crippen molar-refractivity contribution in [3.63, 3.8) is 0 Å². The molecule has 0 aliphatic carbocycles. The predicted molar refractivity (Wildman–Crippen MR) is 107 cm³/mol. The molecule has 1 amide bonds. The van der Waals surface area contributed by atoms with Crippen LogP contribution in [0, 0.1) is 0 Å². The molecule has 2 rings (SSSR count). The number of amides is 1. The van der Waals surface area contributed by atoms with E-state index >= 15 is 0 Å². The molecular weight excluding hydrogens is 419 g/mol. The Bertz CT molecular complexity index is 526. The van der Waals surface area contributed by atoms with Crippen molar-refractivity contribution >= 4 is 35.8 Å². The average molecular weight is 446 g/mol. The van der Waals surface area contributed by atoms with Gasteiger partial charge in [-0.25, -0.2) is 0 Å². The number of guanidine groups is 1. The third kappa shape index (κ3) is 6.54. The van der Waals surface area contributed by atoms with Crippen LogP contribution in [0.1, 0.15) is 36.0 Å². The lowest BCUT2D eigenvalue weighted by Gasteiger charge is -2.21. The number of rotatable bonds is 5. The lowest BCUT2D eigenvalue weighted by molar-refractivity contribution is 0.0954. The number of hydrogen-bond acceptors (Lipinski definition) is 3. The Morgan fingerprint density at radius 3 is 2.42 bits per heavy atom. The lowest BCUT2D eigenvalue weighted by atomic mass is 10.2. The van der Waals surface area contributed by atoms with Crippen LogP contribution in [-0.2, 0) is 0 Å². The number of nitrogens with zero attached hydrogens (tertiary/aromatic N) is 2. The maximum atomic E-state index is 12.0. The van der Waals surface area contributed by atoms with Crippen molar-refractivity contribution in [2.75, 3.05) is 33.3 Å². The van der Waals surface area contributed by atoms with Gasteiger partial charge in [0.05, 0.1) is 13.7 Å². The zero-order valence-corrected chi connectivity index (χ0v) is 16.5. The molecular formula is C17H27IN4O2. The van der Waals surface area contributed by atoms with Gasteiger partial charge >= 0.3 is 0 Å². The van der Waals surface area contributed by atoms with Crippen LogP contribution in [0.3, 0.4) is 0 Å². The summed E-state index contributed by atoms with van der Waals surface area (Å²) in [6.07, 6.45) is 4.87. The van der Waals surface area contributed by atoms with Gasteiger partial charge in [-0.15, -0.1) is 24.0 Å². The molecule has 1 aliphatic heterocycles. The number of aliphatic imine (C=N–C) groups is 1. The third-order valence-corrected chi connectivity index (χ3v) is 3.95. The summed E-state index contributed by atoms with van der Waals surface area (Å²) >= 11 is 0. The first kappa shape index (κ1) is 20.5. The number of benzene rings is 1. The van der Waals surface area contributed by atoms with E-state index in [1.165, 1.54) is 25.7 Å². The molecule has 0 spiro atoms. The fraction of sp³-hybridized carbons (Fsp3) is 0.529. The van der Waals surface area contributed by atoms with Crippen molar-refractivity contribution in [1.29, 1.82) is 0 Å². The Morgan fingerprint density at radius 2 is 1.83 bits per heavy atom. The molecule has 0 radical (unpaired) electrons. The van der Waals surface area contributed by atoms with Gasteiger partial charge in [-0.2, -0.15) is 0 Å². The fourth-order valence-electron chi connectivity index (χ4n) is 2.58. The number of halogens is 1. The summed E-state index contributed by atoms with van der Waals surface area (Å²) in [5, 5.41) is 2.85. The maximum absolute atomic E-state index is 12.0. The zero-order valence-electron chi connectivity index (χ0n) is 14.2. The SMILES string of the molecule is COc1ccc(C(=O)NCCN=C(N)N2CCCCCC2)cc1.I. The normalized spacial score (nSPS) is 15.2. The molecule has 7 heteroatoms. The van der Waals surface area contributed by atoms with E-state index in [2.05, 4.69) is 15.2 Å². The molecule has 0 saturated carbocycles. The highest BCUT2D eigenvalue weighted by Crippen LogP contribution is 2.11. The zero-order chi connectivity index (χ0) is 16.5. The summed E-state index contributed by atoms with van der Waals surface area (Å²) in [5.74, 6) is 1.21. The summed E-state index contributed by atoms with van der Waals surface area (Å²) in [5.41, 5.74) is 6.63. The Morgan fingerprint density at radius 1 is 1.21 bits per heavy atom. The molecule has 0 aromatic heterocycles. The van der Waals surface area contributed by atoms with E-state index in [1.54, 1.807) is 31.4 Å². The standard InChI is InChI=1S/C17H26N4O2.HI/c1-23-15-8-6-14(7-9-15)16(22)19-10-11-20-17(18)21-12-4-2-3-5-13-21;/h6-9H,2-5,10-13H2,1H3,(H2,18,20)(H,19,22);1H. The van der Waals surface area contributed by atoms with Gasteiger partial charge in [0.15, 0.2) is 5.96 Å². The van der Waals surface area contributed by atoms with Crippen molar-refractivity contribution < 1.29 is 9.53 Å². The van der Waals surface area contributed by atoms with Crippen LogP contribution in [0.2, 0.25) is 0 Å². The maximum Gasteiger partial charge on any atom is 0.251 e. The summed E-state index contributed by atoms with van der Waals surface area (Å²) in [6, 6.07) is 7.01. The van der Waals surface area contributed by atoms with Crippen molar-refractivity contribution in [2.24, 2.45) is 10.7 Å². The lowest BCUT2D eigenvalue weighted by Crippen LogP contribution is -2.38. The Balaban J connectivity index is 0.00000288. The topological polar surface area (TPSA) is 79.9 Å². The molecule has 1 saturated heterocycles. The van der Waals surface area contributed by atoms with E-state index in [0.717, 1.165) is 18.8 Å². The smallest absolute Gasteiger partial charge is 0.251 e. The van der Waals surface area contributed by atoms with Crippen molar-refractivity contribution in [3.8, 4) is 5.75 Å². The van der Waals surface area contributed by atoms with Gasteiger partial charge < -0.3 is 20.7 Å². The Labute approximate surface area is 160 Å². The highest BCUT2D eigenvalue weighted by molar-refractivity contribution is 14.0. The Hall–Kier alpha value is -1.51. The van der Waals surface area contributed by atoms with Gasteiger partial charge in [-0.1, -0.05) is 12.8 Å². The van der Waals surface area contributed by atoms with Gasteiger partial charge in [0.2, 0.25) is 0 Å². The largest absolute Gasteiger partial charge is 0.497 e. The molecule has 0 atom stereocenters. The van der Waals surface area contributed by atoms with Crippen LogP contribution in [0.5, 0.6) is 5.75 Å². The molecule has 1 aromatic rings. The Kier molecular flexibility index (Phi) is 9.51. The monoisotopic (exact) mass is 446 g/mol. The number of nitrogens with one attached hydrogen (secondary N) is 1. The molecule has 0 unspecified atom stereocenters. The number of nitrogens with two attached hydrogens (primary N) is 1. The molecule has 6 nitrogen and oxygen atoms in total. The van der Waals surface area contributed by atoms with Crippen LogP contribution in [0.25, 0.3) is 0 Å². The molecule has 134 valence electrons. The minimum atomic E-state index is -0.115. The highest BCUT2D eigenvalue weighted by Gasteiger charge is 2.10. The van der Waals surface area contributed by atoms with Crippen LogP contribution >= 0.6 is 24.0 Å². The molecule has 1 heterocycles. The van der Waals surface area contributed by atoms with E-state index in [0.29, 0.717) is 24.6 Å². The molecule has 24 heavy (non-hydrogen) atoms. The molecule has 1 fully saturated rings. The third-order valence-electron chi connectivity index (χ3n) is 3.95. The van der Waals surface area contributed by atoms with Crippen LogP contribution < -0.4 is 15.8 Å². The van der Waals surface area contributed by atoms with Gasteiger partial charge in [0, 0.05) is 25.2 Å². The van der Waals surface area contributed by atoms with Gasteiger partial charge in [0.1, 0.15) is 5.75 Å². The van der Waals surface area contributed by atoms with Gasteiger partial charge in [0.25, 0.3) is 5.91 Å². The van der Waals surface area contributed by atoms with Gasteiger partial charge in [-0.05, 0) is 37.1 Å². The van der Waals surface area contributed by atoms with E-state index in [9.17, 15) is 4.79 Å². The number of carbonyl (C=O) groups excluding carboxylic acids is 1. The van der Waals surface area contributed by atoms with Crippen molar-refractivity contribution in [3.05, 3.63) is 29.8 Å². The van der Waals surface area contributed by atoms with Crippen LogP contribution in [0.15, 0.2) is 29.3 Å². The fourth-order valence-corrected chi connectivity index (χ4v) is 2.58. The summed E-state index contributed by atoms with van der Waals surface area (Å²) in [4.78, 5) is 18.5. The first-order chi connectivity index (χ1) is 11.2. The molecule has 3 N–H and O–H groups in total. The first-order valence-corrected chi connectivity index (χ1v) is 8.18. The van der Waals surface area contributed by atoms with E-state index < -0.39 is 0 Å². The highest BCUT2D eigenvalue weighted by atomic mass is 127. The van der Waals surface area contributed by atoms with E-state index in [1.807, 2.05) is 0 Å². The molecule has 1 aliphatic rings. The number of carbonyl (C=O) groups is 1. The van der Waals surface area contributed by atoms with Gasteiger partial charge in [-0.3, -0.25) is 9.79 Å². The average Bonchev–Trinajstić information content (AvgIpc) is 2.88. The molecule has 1 aromatic carbocycles. The number of ether oxygens (including phenoxy) is 1. The van der Waals surface area contributed by atoms with Crippen LogP contribution in [0.4, 0.5) is 0 Å². The number of methoxy groups -OCH3 is 1. The molecule has 0 bridgehead atoms. The first-order valence-electron chi connectivity index (χ1n) is 8.18. The quantitative estimate of drug-likeness (QED) is 0.315. The van der Waals surface area contributed by atoms with Crippen molar-refractivity contribution in [2.45, 2.75) is 25.7 Å². The second kappa shape index (κ2) is 11.1. The summed E-state index contributed by atoms with van der Waals surface area (Å²) < 4.78 is 5.07. The second-order valence-corrected chi connectivity index (χ2v) is 5.63. The predicted octanol–water partition coefficient (Wildman–Crippen LogP) is 2.23. The van der Waals surface area contributed by atoms with E-state index in [4.69, 9.17) is 10.5 Å². The minimum absolute atomic E-state index is 0. The second-order valence-electron chi connectivity index (χ2n) is 5.63. The minimum Gasteiger partial charge on any atom is -0.497 e. The van der Waals surface area contributed by atoms with Crippen molar-refractivity contribution in [1.82, 2.24) is 10.2 Å². The van der Waals surface area contributed by atoms with E-state index in [-0.39, 0.29) is 29.9 Å².